The lowest BCUT2D eigenvalue weighted by molar-refractivity contribution is 0.483. The molecule has 204 valence electrons. The highest BCUT2D eigenvalue weighted by atomic mass is 32.2. The summed E-state index contributed by atoms with van der Waals surface area (Å²) in [6.07, 6.45) is 25.7. The van der Waals surface area contributed by atoms with Gasteiger partial charge in [-0.1, -0.05) is 135 Å². The molecule has 0 fully saturated rings. The molecular formula is C32H52O3S. The predicted octanol–water partition coefficient (Wildman–Crippen LogP) is 10.2. The second-order valence-corrected chi connectivity index (χ2v) is 12.2. The first-order chi connectivity index (χ1) is 17.5. The maximum absolute atomic E-state index is 11.7. The monoisotopic (exact) mass is 516 g/mol. The molecule has 0 unspecified atom stereocenters. The second-order valence-electron chi connectivity index (χ2n) is 10.8. The maximum atomic E-state index is 11.7. The van der Waals surface area contributed by atoms with Crippen LogP contribution in [-0.2, 0) is 23.0 Å². The Kier molecular flexibility index (Phi) is 15.4. The normalized spacial score (nSPS) is 12.0. The van der Waals surface area contributed by atoms with E-state index >= 15 is 0 Å². The molecule has 4 heteroatoms. The Hall–Kier alpha value is -1.39. The molecule has 0 radical (unpaired) electrons. The minimum absolute atomic E-state index is 0.00461. The van der Waals surface area contributed by atoms with E-state index in [4.69, 9.17) is 0 Å². The number of fused-ring (bicyclic) bond motifs is 1. The fourth-order valence-corrected chi connectivity index (χ4v) is 5.77. The van der Waals surface area contributed by atoms with Crippen molar-refractivity contribution in [3.8, 4) is 0 Å². The van der Waals surface area contributed by atoms with Crippen LogP contribution in [0.2, 0.25) is 0 Å². The lowest BCUT2D eigenvalue weighted by Crippen LogP contribution is -1.99. The molecule has 0 aliphatic rings. The molecule has 0 spiro atoms. The molecule has 0 saturated carbocycles. The average molecular weight is 517 g/mol. The van der Waals surface area contributed by atoms with Crippen molar-refractivity contribution in [3.05, 3.63) is 41.5 Å². The van der Waals surface area contributed by atoms with Crippen molar-refractivity contribution in [1.82, 2.24) is 0 Å². The molecule has 3 nitrogen and oxygen atoms in total. The van der Waals surface area contributed by atoms with E-state index in [1.165, 1.54) is 126 Å². The van der Waals surface area contributed by atoms with Crippen molar-refractivity contribution in [1.29, 1.82) is 0 Å². The number of rotatable bonds is 21. The molecule has 0 saturated heterocycles. The number of benzene rings is 2. The molecule has 0 amide bonds. The summed E-state index contributed by atoms with van der Waals surface area (Å²) in [7, 11) is -4.19. The fraction of sp³-hybridized carbons (Fsp3) is 0.688. The Labute approximate surface area is 222 Å². The van der Waals surface area contributed by atoms with Crippen molar-refractivity contribution >= 4 is 20.9 Å². The largest absolute Gasteiger partial charge is 0.294 e. The van der Waals surface area contributed by atoms with Crippen LogP contribution >= 0.6 is 0 Å². The van der Waals surface area contributed by atoms with Gasteiger partial charge in [-0.05, 0) is 59.7 Å². The van der Waals surface area contributed by atoms with Crippen LogP contribution in [-0.4, -0.2) is 13.0 Å². The van der Waals surface area contributed by atoms with Gasteiger partial charge in [-0.2, -0.15) is 8.42 Å². The van der Waals surface area contributed by atoms with Gasteiger partial charge in [0.1, 0.15) is 0 Å². The highest BCUT2D eigenvalue weighted by Gasteiger charge is 2.13. The quantitative estimate of drug-likeness (QED) is 0.133. The van der Waals surface area contributed by atoms with E-state index in [2.05, 4.69) is 26.0 Å². The van der Waals surface area contributed by atoms with Gasteiger partial charge in [0.25, 0.3) is 10.1 Å². The molecule has 0 aliphatic heterocycles. The van der Waals surface area contributed by atoms with Crippen LogP contribution < -0.4 is 0 Å². The van der Waals surface area contributed by atoms with E-state index in [0.717, 1.165) is 30.0 Å². The Morgan fingerprint density at radius 1 is 0.583 bits per heavy atom. The van der Waals surface area contributed by atoms with Crippen molar-refractivity contribution < 1.29 is 13.0 Å². The summed E-state index contributed by atoms with van der Waals surface area (Å²) in [5.41, 5.74) is 2.59. The van der Waals surface area contributed by atoms with Gasteiger partial charge in [-0.3, -0.25) is 4.55 Å². The molecule has 1 N–H and O–H groups in total. The van der Waals surface area contributed by atoms with E-state index in [0.29, 0.717) is 0 Å². The van der Waals surface area contributed by atoms with Crippen LogP contribution in [0.4, 0.5) is 0 Å². The van der Waals surface area contributed by atoms with Crippen LogP contribution in [0.3, 0.4) is 0 Å². The zero-order valence-corrected chi connectivity index (χ0v) is 24.0. The zero-order valence-electron chi connectivity index (χ0n) is 23.2. The molecule has 0 atom stereocenters. The minimum Gasteiger partial charge on any atom is -0.282 e. The smallest absolute Gasteiger partial charge is 0.282 e. The number of aryl methyl sites for hydroxylation is 2. The Bertz CT molecular complexity index is 965. The molecule has 2 rings (SSSR count). The van der Waals surface area contributed by atoms with Gasteiger partial charge >= 0.3 is 0 Å². The number of hydrogen-bond donors (Lipinski definition) is 1. The SMILES string of the molecule is CCCCCCCCCCCc1cc(CCCCCCCCCCC)c2cc(S(=O)(=O)O)ccc2c1. The predicted molar refractivity (Wildman–Crippen MR) is 156 cm³/mol. The van der Waals surface area contributed by atoms with Gasteiger partial charge in [0.15, 0.2) is 0 Å². The van der Waals surface area contributed by atoms with Crippen molar-refractivity contribution in [3.63, 3.8) is 0 Å². The summed E-state index contributed by atoms with van der Waals surface area (Å²) in [5, 5.41) is 2.06. The summed E-state index contributed by atoms with van der Waals surface area (Å²) >= 11 is 0. The summed E-state index contributed by atoms with van der Waals surface area (Å²) in [6.45, 7) is 4.52. The Morgan fingerprint density at radius 2 is 1.06 bits per heavy atom. The lowest BCUT2D eigenvalue weighted by Gasteiger charge is -2.12. The standard InChI is InChI=1S/C32H52O3S/c1-3-5-7-9-11-13-15-17-19-21-28-25-29(22-20-18-16-14-12-10-8-6-4-2)32-27-31(36(33,34)35)24-23-30(32)26-28/h23-27H,3-22H2,1-2H3,(H,33,34,35). The molecular weight excluding hydrogens is 464 g/mol. The summed E-state index contributed by atoms with van der Waals surface area (Å²) < 4.78 is 33.0. The van der Waals surface area contributed by atoms with Crippen molar-refractivity contribution in [2.45, 2.75) is 147 Å². The summed E-state index contributed by atoms with van der Waals surface area (Å²) in [5.74, 6) is 0. The second kappa shape index (κ2) is 18.0. The molecule has 0 aliphatic carbocycles. The fourth-order valence-electron chi connectivity index (χ4n) is 5.26. The molecule has 0 heterocycles. The third kappa shape index (κ3) is 12.2. The summed E-state index contributed by atoms with van der Waals surface area (Å²) in [6, 6.07) is 9.57. The lowest BCUT2D eigenvalue weighted by atomic mass is 9.94. The van der Waals surface area contributed by atoms with Gasteiger partial charge in [0.05, 0.1) is 4.90 Å². The van der Waals surface area contributed by atoms with Crippen LogP contribution in [0, 0.1) is 0 Å². The van der Waals surface area contributed by atoms with Crippen molar-refractivity contribution in [2.75, 3.05) is 0 Å². The van der Waals surface area contributed by atoms with E-state index in [1.807, 2.05) is 6.07 Å². The van der Waals surface area contributed by atoms with Gasteiger partial charge in [-0.25, -0.2) is 0 Å². The van der Waals surface area contributed by atoms with Crippen LogP contribution in [0.15, 0.2) is 35.2 Å². The third-order valence-electron chi connectivity index (χ3n) is 7.49. The van der Waals surface area contributed by atoms with E-state index in [-0.39, 0.29) is 4.90 Å². The first kappa shape index (κ1) is 30.8. The third-order valence-corrected chi connectivity index (χ3v) is 8.34. The highest BCUT2D eigenvalue weighted by molar-refractivity contribution is 7.85. The molecule has 2 aromatic rings. The first-order valence-corrected chi connectivity index (χ1v) is 16.4. The minimum atomic E-state index is -4.19. The summed E-state index contributed by atoms with van der Waals surface area (Å²) in [4.78, 5) is -0.00461. The Balaban J connectivity index is 1.91. The van der Waals surface area contributed by atoms with Crippen LogP contribution in [0.1, 0.15) is 141 Å². The highest BCUT2D eigenvalue weighted by Crippen LogP contribution is 2.27. The van der Waals surface area contributed by atoms with Gasteiger partial charge in [0, 0.05) is 0 Å². The van der Waals surface area contributed by atoms with E-state index in [9.17, 15) is 13.0 Å². The molecule has 0 bridgehead atoms. The number of unbranched alkanes of at least 4 members (excludes halogenated alkanes) is 16. The van der Waals surface area contributed by atoms with Gasteiger partial charge < -0.3 is 0 Å². The zero-order chi connectivity index (χ0) is 26.1. The maximum Gasteiger partial charge on any atom is 0.294 e. The Morgan fingerprint density at radius 3 is 1.56 bits per heavy atom. The molecule has 36 heavy (non-hydrogen) atoms. The van der Waals surface area contributed by atoms with Crippen molar-refractivity contribution in [2.24, 2.45) is 0 Å². The van der Waals surface area contributed by atoms with E-state index < -0.39 is 10.1 Å². The number of hydrogen-bond acceptors (Lipinski definition) is 2. The van der Waals surface area contributed by atoms with Crippen LogP contribution in [0.25, 0.3) is 10.8 Å². The van der Waals surface area contributed by atoms with Crippen LogP contribution in [0.5, 0.6) is 0 Å². The van der Waals surface area contributed by atoms with E-state index in [1.54, 1.807) is 6.07 Å². The van der Waals surface area contributed by atoms with Gasteiger partial charge in [-0.15, -0.1) is 0 Å². The first-order valence-electron chi connectivity index (χ1n) is 15.0. The van der Waals surface area contributed by atoms with Gasteiger partial charge in [0.2, 0.25) is 0 Å². The molecule has 0 aromatic heterocycles. The topological polar surface area (TPSA) is 54.4 Å². The molecule has 2 aromatic carbocycles. The average Bonchev–Trinajstić information content (AvgIpc) is 2.85.